The molecular formula is C27H34N12O4. The molecule has 0 aliphatic heterocycles. The lowest BCUT2D eigenvalue weighted by molar-refractivity contribution is 0.0944. The molecule has 16 heteroatoms. The molecular weight excluding hydrogens is 556 g/mol. The molecule has 0 aliphatic rings. The average Bonchev–Trinajstić information content (AvgIpc) is 3.72. The number of nitrogens with one attached hydrogen (secondary N) is 5. The van der Waals surface area contributed by atoms with Crippen LogP contribution in [0.5, 0.6) is 0 Å². The van der Waals surface area contributed by atoms with Gasteiger partial charge >= 0.3 is 0 Å². The highest BCUT2D eigenvalue weighted by molar-refractivity contribution is 6.08. The van der Waals surface area contributed by atoms with Gasteiger partial charge in [0.2, 0.25) is 0 Å². The minimum absolute atomic E-state index is 0.0615. The molecule has 0 fully saturated rings. The summed E-state index contributed by atoms with van der Waals surface area (Å²) in [5, 5.41) is 11.0. The van der Waals surface area contributed by atoms with Gasteiger partial charge in [0.15, 0.2) is 5.96 Å². The van der Waals surface area contributed by atoms with Gasteiger partial charge in [-0.05, 0) is 30.3 Å². The third kappa shape index (κ3) is 7.05. The van der Waals surface area contributed by atoms with Crippen molar-refractivity contribution in [1.29, 1.82) is 0 Å². The summed E-state index contributed by atoms with van der Waals surface area (Å²) in [6.07, 6.45) is 6.55. The number of carbonyl (C=O) groups excluding carboxylic acids is 4. The molecule has 0 bridgehead atoms. The number of carbonyl (C=O) groups is 4. The fraction of sp³-hybridized carbons (Fsp3) is 0.222. The van der Waals surface area contributed by atoms with Crippen LogP contribution in [0.1, 0.15) is 42.0 Å². The van der Waals surface area contributed by atoms with E-state index in [-0.39, 0.29) is 36.6 Å². The molecule has 4 aromatic heterocycles. The van der Waals surface area contributed by atoms with Crippen molar-refractivity contribution in [2.24, 2.45) is 37.6 Å². The molecule has 43 heavy (non-hydrogen) atoms. The van der Waals surface area contributed by atoms with Crippen LogP contribution in [0.2, 0.25) is 0 Å². The molecule has 4 amide bonds. The zero-order valence-corrected chi connectivity index (χ0v) is 24.1. The molecule has 4 rings (SSSR count). The van der Waals surface area contributed by atoms with Crippen molar-refractivity contribution in [2.75, 3.05) is 41.5 Å². The number of anilines is 3. The van der Waals surface area contributed by atoms with Crippen LogP contribution in [0.4, 0.5) is 17.1 Å². The molecule has 0 saturated heterocycles. The van der Waals surface area contributed by atoms with E-state index in [9.17, 15) is 19.2 Å². The number of rotatable bonds is 11. The minimum Gasteiger partial charge on any atom is -0.370 e. The Morgan fingerprint density at radius 2 is 1.16 bits per heavy atom. The summed E-state index contributed by atoms with van der Waals surface area (Å²) < 4.78 is 6.31. The van der Waals surface area contributed by atoms with E-state index in [0.29, 0.717) is 34.1 Å². The van der Waals surface area contributed by atoms with E-state index in [2.05, 4.69) is 31.7 Å². The number of nitrogens with zero attached hydrogens (tertiary/aromatic N) is 5. The predicted molar refractivity (Wildman–Crippen MR) is 163 cm³/mol. The maximum Gasteiger partial charge on any atom is 0.274 e. The van der Waals surface area contributed by atoms with Crippen LogP contribution in [-0.2, 0) is 21.1 Å². The van der Waals surface area contributed by atoms with Crippen molar-refractivity contribution in [3.8, 4) is 0 Å². The van der Waals surface area contributed by atoms with Crippen LogP contribution in [0.3, 0.4) is 0 Å². The van der Waals surface area contributed by atoms with Crippen molar-refractivity contribution in [1.82, 2.24) is 23.7 Å². The van der Waals surface area contributed by atoms with Crippen LogP contribution in [-0.4, -0.2) is 68.1 Å². The Balaban J connectivity index is 1.38. The first kappa shape index (κ1) is 30.0. The fourth-order valence-electron chi connectivity index (χ4n) is 4.37. The highest BCUT2D eigenvalue weighted by Gasteiger charge is 2.19. The molecule has 16 nitrogen and oxygen atoms in total. The summed E-state index contributed by atoms with van der Waals surface area (Å²) in [4.78, 5) is 55.0. The Bertz CT molecular complexity index is 1700. The molecule has 0 aromatic carbocycles. The molecule has 226 valence electrons. The summed E-state index contributed by atoms with van der Waals surface area (Å²) in [6, 6.07) is 8.03. The van der Waals surface area contributed by atoms with E-state index in [1.807, 2.05) is 0 Å². The normalized spacial score (nSPS) is 10.6. The summed E-state index contributed by atoms with van der Waals surface area (Å²) in [6.45, 7) is 0.480. The monoisotopic (exact) mass is 590 g/mol. The molecule has 0 saturated carbocycles. The second-order valence-corrected chi connectivity index (χ2v) is 9.59. The standard InChI is InChI=1S/C27H34N12O4/c1-30-39-9-5-6-19(39)24(41)33-17-11-21(37(3)14-17)26(43)35-18-12-22(38(4)15-18)25(42)34-16-10-20(36(2)13-16)23(40)31-7-8-32-27(28)29/h5-6,9-15,30H,7-8H2,1-4H3,(H,31,40)(H,33,41)(H,34,42)(H,35,43)(H4,28,29,32). The fourth-order valence-corrected chi connectivity index (χ4v) is 4.37. The third-order valence-corrected chi connectivity index (χ3v) is 6.40. The summed E-state index contributed by atoms with van der Waals surface area (Å²) in [5.74, 6) is -1.63. The lowest BCUT2D eigenvalue weighted by Crippen LogP contribution is -2.29. The Hall–Kier alpha value is -5.93. The quantitative estimate of drug-likeness (QED) is 0.0743. The Morgan fingerprint density at radius 3 is 1.60 bits per heavy atom. The maximum atomic E-state index is 13.0. The topological polar surface area (TPSA) is 213 Å². The van der Waals surface area contributed by atoms with Gasteiger partial charge in [0, 0.05) is 59.5 Å². The Kier molecular flexibility index (Phi) is 8.88. The number of aryl methyl sites for hydroxylation is 3. The zero-order chi connectivity index (χ0) is 31.3. The van der Waals surface area contributed by atoms with Crippen molar-refractivity contribution < 1.29 is 19.2 Å². The van der Waals surface area contributed by atoms with Gasteiger partial charge in [0.25, 0.3) is 23.6 Å². The first-order chi connectivity index (χ1) is 20.5. The van der Waals surface area contributed by atoms with E-state index in [1.54, 1.807) is 95.6 Å². The second kappa shape index (κ2) is 12.7. The van der Waals surface area contributed by atoms with Crippen LogP contribution in [0.25, 0.3) is 0 Å². The predicted octanol–water partition coefficient (Wildman–Crippen LogP) is 0.437. The maximum absolute atomic E-state index is 13.0. The van der Waals surface area contributed by atoms with Crippen LogP contribution < -0.4 is 38.2 Å². The van der Waals surface area contributed by atoms with Gasteiger partial charge in [-0.15, -0.1) is 0 Å². The number of aliphatic imine (C=N–C) groups is 1. The van der Waals surface area contributed by atoms with Crippen molar-refractivity contribution in [2.45, 2.75) is 0 Å². The van der Waals surface area contributed by atoms with E-state index in [0.717, 1.165) is 0 Å². The van der Waals surface area contributed by atoms with Gasteiger partial charge in [0.1, 0.15) is 22.8 Å². The van der Waals surface area contributed by atoms with Crippen molar-refractivity contribution in [3.05, 3.63) is 77.9 Å². The van der Waals surface area contributed by atoms with Crippen molar-refractivity contribution >= 4 is 46.7 Å². The average molecular weight is 591 g/mol. The summed E-state index contributed by atoms with van der Waals surface area (Å²) >= 11 is 0. The highest BCUT2D eigenvalue weighted by Crippen LogP contribution is 2.20. The molecule has 0 unspecified atom stereocenters. The number of nitrogens with two attached hydrogens (primary N) is 2. The Labute approximate surface area is 246 Å². The number of guanidine groups is 1. The van der Waals surface area contributed by atoms with Gasteiger partial charge < -0.3 is 51.9 Å². The van der Waals surface area contributed by atoms with Crippen LogP contribution >= 0.6 is 0 Å². The first-order valence-electron chi connectivity index (χ1n) is 13.1. The van der Waals surface area contributed by atoms with Gasteiger partial charge in [-0.1, -0.05) is 0 Å². The van der Waals surface area contributed by atoms with E-state index >= 15 is 0 Å². The van der Waals surface area contributed by atoms with Crippen LogP contribution in [0.15, 0.2) is 60.1 Å². The van der Waals surface area contributed by atoms with Gasteiger partial charge in [-0.3, -0.25) is 28.8 Å². The van der Waals surface area contributed by atoms with Crippen molar-refractivity contribution in [3.63, 3.8) is 0 Å². The lowest BCUT2D eigenvalue weighted by Gasteiger charge is -2.07. The second-order valence-electron chi connectivity index (χ2n) is 9.59. The molecule has 0 radical (unpaired) electrons. The largest absolute Gasteiger partial charge is 0.370 e. The lowest BCUT2D eigenvalue weighted by atomic mass is 10.3. The Morgan fingerprint density at radius 1 is 0.721 bits per heavy atom. The number of hydrogen-bond donors (Lipinski definition) is 7. The number of hydrogen-bond acceptors (Lipinski definition) is 6. The molecule has 4 heterocycles. The minimum atomic E-state index is -0.441. The first-order valence-corrected chi connectivity index (χ1v) is 13.1. The van der Waals surface area contributed by atoms with E-state index in [4.69, 9.17) is 11.5 Å². The van der Waals surface area contributed by atoms with Gasteiger partial charge in [-0.25, -0.2) is 0 Å². The SMILES string of the molecule is CNn1cccc1C(=O)Nc1cc(C(=O)Nc2cc(C(=O)Nc3cc(C(=O)NCCN=C(N)N)n(C)c3)n(C)c2)n(C)c1. The van der Waals surface area contributed by atoms with E-state index in [1.165, 1.54) is 6.07 Å². The third-order valence-electron chi connectivity index (χ3n) is 6.40. The zero-order valence-electron chi connectivity index (χ0n) is 24.1. The summed E-state index contributed by atoms with van der Waals surface area (Å²) in [5.41, 5.74) is 16.0. The van der Waals surface area contributed by atoms with Gasteiger partial charge in [0.05, 0.1) is 23.6 Å². The smallest absolute Gasteiger partial charge is 0.274 e. The van der Waals surface area contributed by atoms with E-state index < -0.39 is 11.8 Å². The molecule has 0 aliphatic carbocycles. The van der Waals surface area contributed by atoms with Crippen LogP contribution in [0, 0.1) is 0 Å². The van der Waals surface area contributed by atoms with Gasteiger partial charge in [-0.2, -0.15) is 0 Å². The molecule has 4 aromatic rings. The molecule has 0 atom stereocenters. The molecule has 9 N–H and O–H groups in total. The number of amides is 4. The highest BCUT2D eigenvalue weighted by atomic mass is 16.2. The summed E-state index contributed by atoms with van der Waals surface area (Å²) in [7, 11) is 6.72. The number of aromatic nitrogens is 4. The molecule has 0 spiro atoms.